The van der Waals surface area contributed by atoms with Gasteiger partial charge >= 0.3 is 5.97 Å². The minimum absolute atomic E-state index is 0.326. The van der Waals surface area contributed by atoms with Gasteiger partial charge in [0.05, 0.1) is 15.7 Å². The summed E-state index contributed by atoms with van der Waals surface area (Å²) in [4.78, 5) is 23.4. The molecule has 0 aromatic heterocycles. The molecule has 1 N–H and O–H groups in total. The molecule has 0 heterocycles. The lowest BCUT2D eigenvalue weighted by Gasteiger charge is -2.11. The maximum atomic E-state index is 11.8. The van der Waals surface area contributed by atoms with Crippen LogP contribution in [0.25, 0.3) is 0 Å². The second kappa shape index (κ2) is 7.66. The molecular weight excluding hydrogens is 313 g/mol. The van der Waals surface area contributed by atoms with Crippen LogP contribution in [0.3, 0.4) is 0 Å². The molecule has 0 aliphatic heterocycles. The Bertz CT molecular complexity index is 507. The van der Waals surface area contributed by atoms with Gasteiger partial charge in [-0.2, -0.15) is 0 Å². The number of amides is 1. The topological polar surface area (TPSA) is 55.4 Å². The fourth-order valence-corrected chi connectivity index (χ4v) is 2.94. The van der Waals surface area contributed by atoms with Gasteiger partial charge in [-0.05, 0) is 30.9 Å². The number of benzene rings is 1. The molecule has 0 spiro atoms. The second-order valence-electron chi connectivity index (χ2n) is 5.16. The van der Waals surface area contributed by atoms with Crippen LogP contribution in [0.4, 0.5) is 5.69 Å². The van der Waals surface area contributed by atoms with Crippen LogP contribution in [-0.4, -0.2) is 18.5 Å². The first-order chi connectivity index (χ1) is 10.1. The summed E-state index contributed by atoms with van der Waals surface area (Å²) < 4.78 is 4.98. The van der Waals surface area contributed by atoms with Crippen molar-refractivity contribution in [2.24, 2.45) is 5.92 Å². The predicted molar refractivity (Wildman–Crippen MR) is 82.6 cm³/mol. The molecule has 0 saturated heterocycles. The highest BCUT2D eigenvalue weighted by atomic mass is 35.5. The number of anilines is 1. The number of para-hydroxylation sites is 1. The van der Waals surface area contributed by atoms with Gasteiger partial charge in [-0.15, -0.1) is 0 Å². The van der Waals surface area contributed by atoms with E-state index >= 15 is 0 Å². The zero-order valence-corrected chi connectivity index (χ0v) is 13.0. The summed E-state index contributed by atoms with van der Waals surface area (Å²) in [5.41, 5.74) is 0.331. The van der Waals surface area contributed by atoms with Crippen molar-refractivity contribution in [3.8, 4) is 0 Å². The molecule has 1 aromatic carbocycles. The van der Waals surface area contributed by atoms with Crippen LogP contribution < -0.4 is 5.32 Å². The summed E-state index contributed by atoms with van der Waals surface area (Å²) >= 11 is 11.9. The number of esters is 1. The van der Waals surface area contributed by atoms with Gasteiger partial charge in [-0.3, -0.25) is 9.59 Å². The number of halogens is 2. The van der Waals surface area contributed by atoms with Crippen LogP contribution in [0, 0.1) is 5.92 Å². The molecule has 6 heteroatoms. The Labute approximate surface area is 133 Å². The van der Waals surface area contributed by atoms with Crippen molar-refractivity contribution < 1.29 is 14.3 Å². The van der Waals surface area contributed by atoms with Crippen molar-refractivity contribution in [3.63, 3.8) is 0 Å². The van der Waals surface area contributed by atoms with Crippen LogP contribution in [0.1, 0.15) is 32.1 Å². The Morgan fingerprint density at radius 2 is 1.81 bits per heavy atom. The van der Waals surface area contributed by atoms with Gasteiger partial charge in [0.2, 0.25) is 0 Å². The third-order valence-corrected chi connectivity index (χ3v) is 4.15. The minimum Gasteiger partial charge on any atom is -0.456 e. The summed E-state index contributed by atoms with van der Waals surface area (Å²) in [7, 11) is 0. The predicted octanol–water partition coefficient (Wildman–Crippen LogP) is 4.06. The van der Waals surface area contributed by atoms with E-state index in [0.717, 1.165) is 12.8 Å². The maximum absolute atomic E-state index is 11.8. The highest BCUT2D eigenvalue weighted by molar-refractivity contribution is 6.39. The number of carbonyl (C=O) groups excluding carboxylic acids is 2. The molecule has 4 nitrogen and oxygen atoms in total. The monoisotopic (exact) mass is 329 g/mol. The van der Waals surface area contributed by atoms with Crippen LogP contribution in [0.15, 0.2) is 18.2 Å². The normalized spacial score (nSPS) is 15.0. The molecular formula is C15H17Cl2NO3. The average molecular weight is 330 g/mol. The van der Waals surface area contributed by atoms with Gasteiger partial charge in [-0.1, -0.05) is 42.1 Å². The Hall–Kier alpha value is -1.26. The molecule has 0 unspecified atom stereocenters. The van der Waals surface area contributed by atoms with Crippen LogP contribution in [0.2, 0.25) is 10.0 Å². The Balaban J connectivity index is 1.78. The van der Waals surface area contributed by atoms with E-state index in [1.165, 1.54) is 12.8 Å². The van der Waals surface area contributed by atoms with Crippen molar-refractivity contribution in [2.75, 3.05) is 11.9 Å². The molecule has 114 valence electrons. The lowest BCUT2D eigenvalue weighted by atomic mass is 10.1. The highest BCUT2D eigenvalue weighted by Crippen LogP contribution is 2.30. The van der Waals surface area contributed by atoms with E-state index in [-0.39, 0.29) is 12.6 Å². The minimum atomic E-state index is -0.454. The van der Waals surface area contributed by atoms with Gasteiger partial charge < -0.3 is 10.1 Å². The van der Waals surface area contributed by atoms with E-state index in [4.69, 9.17) is 27.9 Å². The quantitative estimate of drug-likeness (QED) is 0.829. The van der Waals surface area contributed by atoms with Crippen molar-refractivity contribution in [1.29, 1.82) is 0 Å². The number of hydrogen-bond donors (Lipinski definition) is 1. The largest absolute Gasteiger partial charge is 0.456 e. The smallest absolute Gasteiger partial charge is 0.306 e. The van der Waals surface area contributed by atoms with Gasteiger partial charge in [0.15, 0.2) is 6.61 Å². The molecule has 2 rings (SSSR count). The number of nitrogens with one attached hydrogen (secondary N) is 1. The fourth-order valence-electron chi connectivity index (χ4n) is 2.45. The second-order valence-corrected chi connectivity index (χ2v) is 5.97. The molecule has 1 fully saturated rings. The standard InChI is InChI=1S/C15H17Cl2NO3/c16-11-6-3-7-12(17)15(11)18-13(19)9-21-14(20)8-10-4-1-2-5-10/h3,6-7,10H,1-2,4-5,8-9H2,(H,18,19). The molecule has 0 atom stereocenters. The molecule has 1 amide bonds. The van der Waals surface area contributed by atoms with E-state index in [1.54, 1.807) is 18.2 Å². The van der Waals surface area contributed by atoms with Crippen molar-refractivity contribution in [1.82, 2.24) is 0 Å². The Morgan fingerprint density at radius 1 is 1.19 bits per heavy atom. The third kappa shape index (κ3) is 4.90. The van der Waals surface area contributed by atoms with Crippen molar-refractivity contribution >= 4 is 40.8 Å². The van der Waals surface area contributed by atoms with E-state index in [2.05, 4.69) is 5.32 Å². The van der Waals surface area contributed by atoms with E-state index in [1.807, 2.05) is 0 Å². The SMILES string of the molecule is O=C(COC(=O)CC1CCCC1)Nc1c(Cl)cccc1Cl. The van der Waals surface area contributed by atoms with Gasteiger partial charge in [-0.25, -0.2) is 0 Å². The first kappa shape index (κ1) is 16.1. The Kier molecular flexibility index (Phi) is 5.88. The Morgan fingerprint density at radius 3 is 2.43 bits per heavy atom. The first-order valence-corrected chi connectivity index (χ1v) is 7.71. The number of ether oxygens (including phenoxy) is 1. The van der Waals surface area contributed by atoms with Crippen molar-refractivity contribution in [3.05, 3.63) is 28.2 Å². The number of carbonyl (C=O) groups is 2. The van der Waals surface area contributed by atoms with E-state index < -0.39 is 5.91 Å². The summed E-state index contributed by atoms with van der Waals surface area (Å²) in [5, 5.41) is 3.23. The summed E-state index contributed by atoms with van der Waals surface area (Å²) in [6, 6.07) is 4.92. The van der Waals surface area contributed by atoms with Gasteiger partial charge in [0.1, 0.15) is 0 Å². The molecule has 1 aliphatic carbocycles. The van der Waals surface area contributed by atoms with Crippen LogP contribution in [0.5, 0.6) is 0 Å². The van der Waals surface area contributed by atoms with Crippen LogP contribution >= 0.6 is 23.2 Å². The van der Waals surface area contributed by atoms with E-state index in [0.29, 0.717) is 28.1 Å². The molecule has 21 heavy (non-hydrogen) atoms. The summed E-state index contributed by atoms with van der Waals surface area (Å²) in [5.74, 6) is -0.384. The van der Waals surface area contributed by atoms with Crippen LogP contribution in [-0.2, 0) is 14.3 Å². The fraction of sp³-hybridized carbons (Fsp3) is 0.467. The summed E-state index contributed by atoms with van der Waals surface area (Å²) in [6.45, 7) is -0.326. The van der Waals surface area contributed by atoms with Gasteiger partial charge in [0.25, 0.3) is 5.91 Å². The average Bonchev–Trinajstić information content (AvgIpc) is 2.94. The summed E-state index contributed by atoms with van der Waals surface area (Å²) in [6.07, 6.45) is 4.86. The molecule has 0 bridgehead atoms. The highest BCUT2D eigenvalue weighted by Gasteiger charge is 2.20. The maximum Gasteiger partial charge on any atom is 0.306 e. The molecule has 1 aromatic rings. The third-order valence-electron chi connectivity index (χ3n) is 3.52. The van der Waals surface area contributed by atoms with Crippen molar-refractivity contribution in [2.45, 2.75) is 32.1 Å². The lowest BCUT2D eigenvalue weighted by Crippen LogP contribution is -2.22. The molecule has 0 radical (unpaired) electrons. The van der Waals surface area contributed by atoms with E-state index in [9.17, 15) is 9.59 Å². The lowest BCUT2D eigenvalue weighted by molar-refractivity contribution is -0.148. The molecule has 1 saturated carbocycles. The zero-order valence-electron chi connectivity index (χ0n) is 11.5. The van der Waals surface area contributed by atoms with Gasteiger partial charge in [0, 0.05) is 6.42 Å². The number of hydrogen-bond acceptors (Lipinski definition) is 3. The first-order valence-electron chi connectivity index (χ1n) is 6.95. The zero-order chi connectivity index (χ0) is 15.2. The molecule has 1 aliphatic rings. The number of rotatable bonds is 5.